The van der Waals surface area contributed by atoms with Crippen LogP contribution in [0.4, 0.5) is 0 Å². The van der Waals surface area contributed by atoms with Gasteiger partial charge in [0.25, 0.3) is 0 Å². The molecule has 2 heterocycles. The molecule has 1 N–H and O–H groups in total. The van der Waals surface area contributed by atoms with Crippen molar-refractivity contribution in [3.8, 4) is 0 Å². The van der Waals surface area contributed by atoms with Crippen molar-refractivity contribution in [3.63, 3.8) is 0 Å². The number of rotatable bonds is 6. The van der Waals surface area contributed by atoms with E-state index in [-0.39, 0.29) is 24.2 Å². The molecule has 0 radical (unpaired) electrons. The highest BCUT2D eigenvalue weighted by Gasteiger charge is 2.33. The molecule has 1 aromatic heterocycles. The van der Waals surface area contributed by atoms with Crippen LogP contribution in [0.3, 0.4) is 0 Å². The van der Waals surface area contributed by atoms with E-state index in [1.54, 1.807) is 11.2 Å². The lowest BCUT2D eigenvalue weighted by molar-refractivity contribution is -0.129. The van der Waals surface area contributed by atoms with Crippen LogP contribution in [0.15, 0.2) is 65.3 Å². The maximum absolute atomic E-state index is 12.5. The Hall–Kier alpha value is -3.08. The van der Waals surface area contributed by atoms with Crippen molar-refractivity contribution in [2.24, 2.45) is 5.92 Å². The summed E-state index contributed by atoms with van der Waals surface area (Å²) in [5.41, 5.74) is 3.02. The lowest BCUT2D eigenvalue weighted by atomic mass is 10.1. The molecule has 1 saturated heterocycles. The van der Waals surface area contributed by atoms with Gasteiger partial charge in [0.05, 0.1) is 12.2 Å². The Morgan fingerprint density at radius 3 is 2.74 bits per heavy atom. The van der Waals surface area contributed by atoms with E-state index in [0.717, 1.165) is 22.1 Å². The highest BCUT2D eigenvalue weighted by atomic mass is 16.3. The van der Waals surface area contributed by atoms with Crippen molar-refractivity contribution in [3.05, 3.63) is 72.0 Å². The molecule has 0 saturated carbocycles. The molecule has 0 aliphatic carbocycles. The molecule has 1 unspecified atom stereocenters. The highest BCUT2D eigenvalue weighted by Crippen LogP contribution is 2.22. The fourth-order valence-electron chi connectivity index (χ4n) is 3.60. The van der Waals surface area contributed by atoms with Crippen LogP contribution in [-0.2, 0) is 22.6 Å². The van der Waals surface area contributed by atoms with Crippen LogP contribution in [0, 0.1) is 5.92 Å². The first-order valence-corrected chi connectivity index (χ1v) is 9.25. The number of hydrogen-bond donors (Lipinski definition) is 1. The standard InChI is InChI=1S/C22H22N2O3/c25-21-12-18(14-24(21)13-16-6-2-1-3-7-16)22(26)23-11-10-17-15-27-20-9-5-4-8-19(17)20/h1-9,15,18H,10-14H2,(H,23,26). The van der Waals surface area contributed by atoms with Crippen molar-refractivity contribution in [2.45, 2.75) is 19.4 Å². The molecule has 1 fully saturated rings. The van der Waals surface area contributed by atoms with Gasteiger partial charge < -0.3 is 14.6 Å². The first kappa shape index (κ1) is 17.3. The van der Waals surface area contributed by atoms with E-state index in [0.29, 0.717) is 26.1 Å². The Morgan fingerprint density at radius 2 is 1.89 bits per heavy atom. The Balaban J connectivity index is 1.29. The van der Waals surface area contributed by atoms with E-state index < -0.39 is 0 Å². The number of fused-ring (bicyclic) bond motifs is 1. The van der Waals surface area contributed by atoms with Gasteiger partial charge in [-0.2, -0.15) is 0 Å². The summed E-state index contributed by atoms with van der Waals surface area (Å²) < 4.78 is 5.53. The number of nitrogens with zero attached hydrogens (tertiary/aromatic N) is 1. The van der Waals surface area contributed by atoms with Crippen LogP contribution in [0.1, 0.15) is 17.5 Å². The summed E-state index contributed by atoms with van der Waals surface area (Å²) in [6, 6.07) is 17.7. The van der Waals surface area contributed by atoms with Gasteiger partial charge in [0, 0.05) is 31.4 Å². The maximum Gasteiger partial charge on any atom is 0.225 e. The topological polar surface area (TPSA) is 62.6 Å². The molecule has 0 spiro atoms. The Bertz CT molecular complexity index is 948. The van der Waals surface area contributed by atoms with Crippen molar-refractivity contribution < 1.29 is 14.0 Å². The molecular formula is C22H22N2O3. The predicted octanol–water partition coefficient (Wildman–Crippen LogP) is 3.14. The minimum absolute atomic E-state index is 0.0415. The Kier molecular flexibility index (Phi) is 4.92. The average molecular weight is 362 g/mol. The SMILES string of the molecule is O=C(NCCc1coc2ccccc12)C1CC(=O)N(Cc2ccccc2)C1. The third-order valence-corrected chi connectivity index (χ3v) is 5.06. The summed E-state index contributed by atoms with van der Waals surface area (Å²) in [4.78, 5) is 26.5. The second-order valence-electron chi connectivity index (χ2n) is 6.96. The van der Waals surface area contributed by atoms with Gasteiger partial charge in [-0.1, -0.05) is 48.5 Å². The molecule has 5 nitrogen and oxygen atoms in total. The number of furan rings is 1. The van der Waals surface area contributed by atoms with Crippen LogP contribution >= 0.6 is 0 Å². The molecule has 2 amide bonds. The average Bonchev–Trinajstić information content (AvgIpc) is 3.27. The van der Waals surface area contributed by atoms with E-state index >= 15 is 0 Å². The van der Waals surface area contributed by atoms with Gasteiger partial charge in [-0.25, -0.2) is 0 Å². The zero-order valence-corrected chi connectivity index (χ0v) is 15.1. The summed E-state index contributed by atoms with van der Waals surface area (Å²) in [5, 5.41) is 4.05. The van der Waals surface area contributed by atoms with Gasteiger partial charge in [-0.15, -0.1) is 0 Å². The number of hydrogen-bond acceptors (Lipinski definition) is 3. The largest absolute Gasteiger partial charge is 0.464 e. The van der Waals surface area contributed by atoms with Crippen LogP contribution in [-0.4, -0.2) is 29.8 Å². The number of likely N-dealkylation sites (tertiary alicyclic amines) is 1. The van der Waals surface area contributed by atoms with Gasteiger partial charge in [0.1, 0.15) is 5.58 Å². The van der Waals surface area contributed by atoms with E-state index in [9.17, 15) is 9.59 Å². The number of carbonyl (C=O) groups is 2. The Labute approximate surface area is 158 Å². The zero-order chi connectivity index (χ0) is 18.6. The summed E-state index contributed by atoms with van der Waals surface area (Å²) in [6.45, 7) is 1.57. The zero-order valence-electron chi connectivity index (χ0n) is 15.1. The van der Waals surface area contributed by atoms with Gasteiger partial charge >= 0.3 is 0 Å². The lowest BCUT2D eigenvalue weighted by Crippen LogP contribution is -2.34. The monoisotopic (exact) mass is 362 g/mol. The lowest BCUT2D eigenvalue weighted by Gasteiger charge is -2.16. The fourth-order valence-corrected chi connectivity index (χ4v) is 3.60. The molecule has 1 atom stereocenters. The number of nitrogens with one attached hydrogen (secondary N) is 1. The van der Waals surface area contributed by atoms with Crippen molar-refractivity contribution in [1.29, 1.82) is 0 Å². The maximum atomic E-state index is 12.5. The molecule has 1 aliphatic heterocycles. The van der Waals surface area contributed by atoms with Crippen LogP contribution in [0.2, 0.25) is 0 Å². The van der Waals surface area contributed by atoms with Gasteiger partial charge in [0.2, 0.25) is 11.8 Å². The molecule has 138 valence electrons. The van der Waals surface area contributed by atoms with Crippen molar-refractivity contribution >= 4 is 22.8 Å². The Morgan fingerprint density at radius 1 is 1.11 bits per heavy atom. The molecule has 1 aliphatic rings. The number of benzene rings is 2. The van der Waals surface area contributed by atoms with E-state index in [4.69, 9.17) is 4.42 Å². The van der Waals surface area contributed by atoms with E-state index in [2.05, 4.69) is 5.32 Å². The minimum atomic E-state index is -0.276. The predicted molar refractivity (Wildman–Crippen MR) is 103 cm³/mol. The summed E-state index contributed by atoms with van der Waals surface area (Å²) in [6.07, 6.45) is 2.74. The molecule has 27 heavy (non-hydrogen) atoms. The fraction of sp³-hybridized carbons (Fsp3) is 0.273. The number of amides is 2. The van der Waals surface area contributed by atoms with E-state index in [1.807, 2.05) is 54.6 Å². The van der Waals surface area contributed by atoms with Gasteiger partial charge in [-0.05, 0) is 23.6 Å². The smallest absolute Gasteiger partial charge is 0.225 e. The normalized spacial score (nSPS) is 16.8. The van der Waals surface area contributed by atoms with Crippen LogP contribution < -0.4 is 5.32 Å². The molecule has 0 bridgehead atoms. The second-order valence-corrected chi connectivity index (χ2v) is 6.96. The first-order chi connectivity index (χ1) is 13.2. The first-order valence-electron chi connectivity index (χ1n) is 9.25. The molecule has 2 aromatic carbocycles. The van der Waals surface area contributed by atoms with Crippen molar-refractivity contribution in [2.75, 3.05) is 13.1 Å². The molecule has 4 rings (SSSR count). The number of carbonyl (C=O) groups excluding carboxylic acids is 2. The minimum Gasteiger partial charge on any atom is -0.464 e. The third kappa shape index (κ3) is 3.87. The van der Waals surface area contributed by atoms with Crippen LogP contribution in [0.25, 0.3) is 11.0 Å². The molecule has 5 heteroatoms. The molecular weight excluding hydrogens is 340 g/mol. The number of para-hydroxylation sites is 1. The quantitative estimate of drug-likeness (QED) is 0.733. The van der Waals surface area contributed by atoms with E-state index in [1.165, 1.54) is 0 Å². The summed E-state index contributed by atoms with van der Waals surface area (Å²) in [5.74, 6) is -0.283. The third-order valence-electron chi connectivity index (χ3n) is 5.06. The van der Waals surface area contributed by atoms with Gasteiger partial charge in [-0.3, -0.25) is 9.59 Å². The van der Waals surface area contributed by atoms with Crippen molar-refractivity contribution in [1.82, 2.24) is 10.2 Å². The second kappa shape index (κ2) is 7.66. The highest BCUT2D eigenvalue weighted by molar-refractivity contribution is 5.89. The van der Waals surface area contributed by atoms with Crippen LogP contribution in [0.5, 0.6) is 0 Å². The van der Waals surface area contributed by atoms with Gasteiger partial charge in [0.15, 0.2) is 0 Å². The molecule has 3 aromatic rings. The summed E-state index contributed by atoms with van der Waals surface area (Å²) in [7, 11) is 0. The summed E-state index contributed by atoms with van der Waals surface area (Å²) >= 11 is 0.